The van der Waals surface area contributed by atoms with Gasteiger partial charge in [-0.25, -0.2) is 0 Å². The molecule has 2 nitrogen and oxygen atoms in total. The maximum Gasteiger partial charge on any atom is 0.161 e. The van der Waals surface area contributed by atoms with Gasteiger partial charge in [0.05, 0.1) is 19.6 Å². The quantitative estimate of drug-likeness (QED) is 0.740. The van der Waals surface area contributed by atoms with Crippen LogP contribution in [0.25, 0.3) is 0 Å². The summed E-state index contributed by atoms with van der Waals surface area (Å²) in [4.78, 5) is 0. The minimum Gasteiger partial charge on any atom is -0.493 e. The van der Waals surface area contributed by atoms with Gasteiger partial charge in [-0.15, -0.1) is 11.6 Å². The molecule has 0 N–H and O–H groups in total. The zero-order valence-corrected chi connectivity index (χ0v) is 12.3. The Morgan fingerprint density at radius 3 is 2.22 bits per heavy atom. The van der Waals surface area contributed by atoms with E-state index in [1.807, 2.05) is 12.1 Å². The highest BCUT2D eigenvalue weighted by Crippen LogP contribution is 2.47. The van der Waals surface area contributed by atoms with Gasteiger partial charge in [-0.1, -0.05) is 6.92 Å². The molecule has 1 fully saturated rings. The summed E-state index contributed by atoms with van der Waals surface area (Å²) in [5, 5.41) is 0.0531. The molecule has 2 rings (SSSR count). The van der Waals surface area contributed by atoms with Gasteiger partial charge < -0.3 is 9.47 Å². The molecule has 2 unspecified atom stereocenters. The summed E-state index contributed by atoms with van der Waals surface area (Å²) in [6.45, 7) is 4.32. The molecule has 0 bridgehead atoms. The first kappa shape index (κ1) is 13.5. The van der Waals surface area contributed by atoms with Gasteiger partial charge in [0.15, 0.2) is 11.5 Å². The Hall–Kier alpha value is -0.890. The smallest absolute Gasteiger partial charge is 0.161 e. The Morgan fingerprint density at radius 2 is 1.72 bits per heavy atom. The van der Waals surface area contributed by atoms with Crippen LogP contribution in [0, 0.1) is 18.8 Å². The lowest BCUT2D eigenvalue weighted by atomic mass is 9.93. The molecule has 3 heteroatoms. The number of hydrogen-bond donors (Lipinski definition) is 0. The summed E-state index contributed by atoms with van der Waals surface area (Å²) in [6.07, 6.45) is 2.63. The molecule has 0 aromatic heterocycles. The molecule has 1 aliphatic rings. The van der Waals surface area contributed by atoms with E-state index in [1.54, 1.807) is 14.2 Å². The van der Waals surface area contributed by atoms with Crippen molar-refractivity contribution in [1.82, 2.24) is 0 Å². The van der Waals surface area contributed by atoms with Gasteiger partial charge in [0, 0.05) is 0 Å². The summed E-state index contributed by atoms with van der Waals surface area (Å²) in [5.74, 6) is 2.83. The Kier molecular flexibility index (Phi) is 4.06. The molecule has 2 atom stereocenters. The van der Waals surface area contributed by atoms with Crippen LogP contribution >= 0.6 is 11.6 Å². The SMILES string of the molecule is COc1cc(C)c(C(Cl)C(C)C2CC2)cc1OC. The highest BCUT2D eigenvalue weighted by atomic mass is 35.5. The van der Waals surface area contributed by atoms with Crippen molar-refractivity contribution in [3.05, 3.63) is 23.3 Å². The lowest BCUT2D eigenvalue weighted by Crippen LogP contribution is -2.08. The molecule has 100 valence electrons. The van der Waals surface area contributed by atoms with E-state index in [-0.39, 0.29) is 5.38 Å². The fraction of sp³-hybridized carbons (Fsp3) is 0.600. The van der Waals surface area contributed by atoms with Crippen molar-refractivity contribution in [3.8, 4) is 11.5 Å². The molecular weight excluding hydrogens is 248 g/mol. The van der Waals surface area contributed by atoms with E-state index in [0.717, 1.165) is 23.0 Å². The molecule has 0 heterocycles. The fourth-order valence-corrected chi connectivity index (χ4v) is 2.88. The highest BCUT2D eigenvalue weighted by molar-refractivity contribution is 6.21. The Morgan fingerprint density at radius 1 is 1.17 bits per heavy atom. The minimum absolute atomic E-state index is 0.0531. The maximum absolute atomic E-state index is 6.63. The monoisotopic (exact) mass is 268 g/mol. The Balaban J connectivity index is 2.31. The number of methoxy groups -OCH3 is 2. The van der Waals surface area contributed by atoms with Gasteiger partial charge in [0.2, 0.25) is 0 Å². The second-order valence-corrected chi connectivity index (χ2v) is 5.63. The van der Waals surface area contributed by atoms with Gasteiger partial charge in [-0.3, -0.25) is 0 Å². The number of alkyl halides is 1. The van der Waals surface area contributed by atoms with Crippen LogP contribution in [-0.4, -0.2) is 14.2 Å². The minimum atomic E-state index is 0.0531. The first-order chi connectivity index (χ1) is 8.58. The van der Waals surface area contributed by atoms with E-state index in [9.17, 15) is 0 Å². The van der Waals surface area contributed by atoms with Gasteiger partial charge in [-0.05, 0) is 54.9 Å². The molecule has 18 heavy (non-hydrogen) atoms. The highest BCUT2D eigenvalue weighted by Gasteiger charge is 2.34. The zero-order valence-electron chi connectivity index (χ0n) is 11.5. The maximum atomic E-state index is 6.63. The first-order valence-corrected chi connectivity index (χ1v) is 6.88. The van der Waals surface area contributed by atoms with Crippen LogP contribution in [0.2, 0.25) is 0 Å². The van der Waals surface area contributed by atoms with Crippen LogP contribution in [0.3, 0.4) is 0 Å². The first-order valence-electron chi connectivity index (χ1n) is 6.45. The molecule has 0 saturated heterocycles. The van der Waals surface area contributed by atoms with Gasteiger partial charge in [0.1, 0.15) is 0 Å². The molecule has 1 saturated carbocycles. The number of rotatable bonds is 5. The average molecular weight is 269 g/mol. The molecule has 1 aromatic carbocycles. The normalized spacial score (nSPS) is 18.3. The van der Waals surface area contributed by atoms with E-state index >= 15 is 0 Å². The number of halogens is 1. The molecule has 0 spiro atoms. The Bertz CT molecular complexity index is 427. The molecule has 1 aliphatic carbocycles. The second kappa shape index (κ2) is 5.40. The van der Waals surface area contributed by atoms with E-state index in [2.05, 4.69) is 13.8 Å². The molecule has 0 radical (unpaired) electrons. The van der Waals surface area contributed by atoms with Crippen molar-refractivity contribution < 1.29 is 9.47 Å². The summed E-state index contributed by atoms with van der Waals surface area (Å²) in [6, 6.07) is 4.02. The second-order valence-electron chi connectivity index (χ2n) is 5.16. The van der Waals surface area contributed by atoms with Gasteiger partial charge in [-0.2, -0.15) is 0 Å². The van der Waals surface area contributed by atoms with Crippen molar-refractivity contribution in [1.29, 1.82) is 0 Å². The van der Waals surface area contributed by atoms with Crippen molar-refractivity contribution in [2.24, 2.45) is 11.8 Å². The van der Waals surface area contributed by atoms with Crippen LogP contribution in [0.5, 0.6) is 11.5 Å². The van der Waals surface area contributed by atoms with Crippen LogP contribution in [0.1, 0.15) is 36.3 Å². The van der Waals surface area contributed by atoms with E-state index < -0.39 is 0 Å². The predicted molar refractivity (Wildman–Crippen MR) is 74.8 cm³/mol. The van der Waals surface area contributed by atoms with E-state index in [1.165, 1.54) is 18.4 Å². The molecule has 0 amide bonds. The third-order valence-electron chi connectivity index (χ3n) is 3.90. The lowest BCUT2D eigenvalue weighted by molar-refractivity contribution is 0.353. The number of benzene rings is 1. The van der Waals surface area contributed by atoms with Crippen LogP contribution in [0.4, 0.5) is 0 Å². The summed E-state index contributed by atoms with van der Waals surface area (Å²) in [7, 11) is 3.31. The van der Waals surface area contributed by atoms with Crippen molar-refractivity contribution in [2.75, 3.05) is 14.2 Å². The topological polar surface area (TPSA) is 18.5 Å². The molecule has 0 aliphatic heterocycles. The summed E-state index contributed by atoms with van der Waals surface area (Å²) >= 11 is 6.63. The Labute approximate surface area is 114 Å². The van der Waals surface area contributed by atoms with Gasteiger partial charge >= 0.3 is 0 Å². The average Bonchev–Trinajstić information content (AvgIpc) is 3.20. The molecular formula is C15H21ClO2. The number of aryl methyl sites for hydroxylation is 1. The predicted octanol–water partition coefficient (Wildman–Crippen LogP) is 4.34. The number of hydrogen-bond acceptors (Lipinski definition) is 2. The van der Waals surface area contributed by atoms with Crippen molar-refractivity contribution in [3.63, 3.8) is 0 Å². The third kappa shape index (κ3) is 2.59. The van der Waals surface area contributed by atoms with Crippen LogP contribution < -0.4 is 9.47 Å². The van der Waals surface area contributed by atoms with Crippen molar-refractivity contribution in [2.45, 2.75) is 32.1 Å². The standard InChI is InChI=1S/C15H21ClO2/c1-9-7-13(17-3)14(18-4)8-12(9)15(16)10(2)11-5-6-11/h7-8,10-11,15H,5-6H2,1-4H3. The third-order valence-corrected chi connectivity index (χ3v) is 4.53. The van der Waals surface area contributed by atoms with Crippen molar-refractivity contribution >= 4 is 11.6 Å². The van der Waals surface area contributed by atoms with E-state index in [0.29, 0.717) is 5.92 Å². The fourth-order valence-electron chi connectivity index (χ4n) is 2.44. The largest absolute Gasteiger partial charge is 0.493 e. The summed E-state index contributed by atoms with van der Waals surface area (Å²) < 4.78 is 10.7. The van der Waals surface area contributed by atoms with Gasteiger partial charge in [0.25, 0.3) is 0 Å². The lowest BCUT2D eigenvalue weighted by Gasteiger charge is -2.21. The van der Waals surface area contributed by atoms with E-state index in [4.69, 9.17) is 21.1 Å². The van der Waals surface area contributed by atoms with Crippen LogP contribution in [0.15, 0.2) is 12.1 Å². The summed E-state index contributed by atoms with van der Waals surface area (Å²) in [5.41, 5.74) is 2.33. The molecule has 1 aromatic rings. The number of ether oxygens (including phenoxy) is 2. The van der Waals surface area contributed by atoms with Crippen LogP contribution in [-0.2, 0) is 0 Å². The zero-order chi connectivity index (χ0) is 13.3.